The van der Waals surface area contributed by atoms with Gasteiger partial charge in [0.25, 0.3) is 0 Å². The van der Waals surface area contributed by atoms with Gasteiger partial charge in [-0.15, -0.1) is 5.10 Å². The first-order chi connectivity index (χ1) is 11.2. The van der Waals surface area contributed by atoms with E-state index in [1.807, 2.05) is 36.4 Å². The van der Waals surface area contributed by atoms with E-state index >= 15 is 0 Å². The van der Waals surface area contributed by atoms with Gasteiger partial charge in [-0.3, -0.25) is 5.10 Å². The summed E-state index contributed by atoms with van der Waals surface area (Å²) in [6, 6.07) is 15.3. The first-order valence-corrected chi connectivity index (χ1v) is 8.23. The summed E-state index contributed by atoms with van der Waals surface area (Å²) in [5.74, 6) is 0.338. The highest BCUT2D eigenvalue weighted by Gasteiger charge is 2.26. The summed E-state index contributed by atoms with van der Waals surface area (Å²) in [7, 11) is 0. The fourth-order valence-corrected chi connectivity index (χ4v) is 3.13. The van der Waals surface area contributed by atoms with Crippen molar-refractivity contribution in [2.45, 2.75) is 46.5 Å². The van der Waals surface area contributed by atoms with E-state index in [9.17, 15) is 5.11 Å². The normalized spacial score (nSPS) is 11.9. The molecular formula is C20H27N3O. The van der Waals surface area contributed by atoms with Crippen molar-refractivity contribution in [3.8, 4) is 5.75 Å². The Hall–Kier alpha value is -2.36. The number of para-hydroxylation sites is 1. The van der Waals surface area contributed by atoms with Crippen LogP contribution in [0.2, 0.25) is 0 Å². The number of phenols is 1. The van der Waals surface area contributed by atoms with Crippen LogP contribution >= 0.6 is 0 Å². The van der Waals surface area contributed by atoms with Gasteiger partial charge < -0.3 is 5.11 Å². The number of phenolic OH excluding ortho intramolecular Hbond substituents is 1. The van der Waals surface area contributed by atoms with Gasteiger partial charge in [-0.05, 0) is 47.1 Å². The number of H-pyrrole nitrogens is 1. The second-order valence-corrected chi connectivity index (χ2v) is 8.00. The summed E-state index contributed by atoms with van der Waals surface area (Å²) in [4.78, 5) is 0. The number of benzene rings is 2. The highest BCUT2D eigenvalue weighted by atomic mass is 16.3. The van der Waals surface area contributed by atoms with Crippen molar-refractivity contribution in [2.75, 3.05) is 0 Å². The SMILES string of the molecule is CC(C)(C)CC(C)(C)c1ccc(O)cc1.c1ccc2[nH]nnc2c1. The van der Waals surface area contributed by atoms with Crippen molar-refractivity contribution in [1.29, 1.82) is 0 Å². The Kier molecular flexibility index (Phi) is 5.27. The average Bonchev–Trinajstić information content (AvgIpc) is 2.94. The van der Waals surface area contributed by atoms with Gasteiger partial charge in [-0.25, -0.2) is 0 Å². The highest BCUT2D eigenvalue weighted by Crippen LogP contribution is 2.36. The van der Waals surface area contributed by atoms with Crippen molar-refractivity contribution in [3.05, 3.63) is 54.1 Å². The van der Waals surface area contributed by atoms with Gasteiger partial charge in [-0.1, -0.05) is 64.1 Å². The lowest BCUT2D eigenvalue weighted by Gasteiger charge is -2.33. The molecule has 0 aliphatic heterocycles. The number of aromatic hydroxyl groups is 1. The molecule has 128 valence electrons. The minimum absolute atomic E-state index is 0.159. The van der Waals surface area contributed by atoms with Crippen LogP contribution in [0.25, 0.3) is 11.0 Å². The molecule has 0 aliphatic carbocycles. The van der Waals surface area contributed by atoms with Gasteiger partial charge in [0, 0.05) is 0 Å². The summed E-state index contributed by atoms with van der Waals surface area (Å²) >= 11 is 0. The second-order valence-electron chi connectivity index (χ2n) is 8.00. The molecule has 3 rings (SSSR count). The number of aromatic nitrogens is 3. The summed E-state index contributed by atoms with van der Waals surface area (Å²) < 4.78 is 0. The number of nitrogens with one attached hydrogen (secondary N) is 1. The average molecular weight is 325 g/mol. The molecule has 4 heteroatoms. The Labute approximate surface area is 143 Å². The molecular weight excluding hydrogens is 298 g/mol. The van der Waals surface area contributed by atoms with Crippen LogP contribution < -0.4 is 0 Å². The molecule has 4 nitrogen and oxygen atoms in total. The Morgan fingerprint density at radius 3 is 2.12 bits per heavy atom. The van der Waals surface area contributed by atoms with Gasteiger partial charge in [0.2, 0.25) is 0 Å². The molecule has 3 aromatic rings. The van der Waals surface area contributed by atoms with Crippen LogP contribution in [0.15, 0.2) is 48.5 Å². The van der Waals surface area contributed by atoms with Crippen LogP contribution in [0, 0.1) is 5.41 Å². The van der Waals surface area contributed by atoms with Crippen molar-refractivity contribution in [2.24, 2.45) is 5.41 Å². The third-order valence-corrected chi connectivity index (χ3v) is 3.85. The van der Waals surface area contributed by atoms with Crippen LogP contribution in [0.5, 0.6) is 5.75 Å². The Morgan fingerprint density at radius 2 is 1.54 bits per heavy atom. The predicted molar refractivity (Wildman–Crippen MR) is 99.1 cm³/mol. The van der Waals surface area contributed by atoms with Gasteiger partial charge in [-0.2, -0.15) is 0 Å². The molecule has 0 amide bonds. The standard InChI is InChI=1S/C14H22O.C6H5N3/c1-13(2,3)10-14(4,5)11-6-8-12(15)9-7-11;1-2-4-6-5(3-1)7-9-8-6/h6-9,15H,10H2,1-5H3;1-4H,(H,7,8,9). The molecule has 1 aromatic heterocycles. The van der Waals surface area contributed by atoms with Crippen molar-refractivity contribution >= 4 is 11.0 Å². The molecule has 0 radical (unpaired) electrons. The van der Waals surface area contributed by atoms with E-state index in [2.05, 4.69) is 50.0 Å². The molecule has 0 aliphatic rings. The van der Waals surface area contributed by atoms with Gasteiger partial charge in [0.05, 0.1) is 5.52 Å². The number of hydrogen-bond acceptors (Lipinski definition) is 3. The Morgan fingerprint density at radius 1 is 0.917 bits per heavy atom. The third-order valence-electron chi connectivity index (χ3n) is 3.85. The quantitative estimate of drug-likeness (QED) is 0.692. The van der Waals surface area contributed by atoms with E-state index < -0.39 is 0 Å². The lowest BCUT2D eigenvalue weighted by molar-refractivity contribution is 0.284. The second kappa shape index (κ2) is 7.04. The molecule has 2 N–H and O–H groups in total. The molecule has 0 atom stereocenters. The summed E-state index contributed by atoms with van der Waals surface area (Å²) in [6.07, 6.45) is 1.13. The molecule has 0 bridgehead atoms. The zero-order chi connectivity index (χ0) is 17.8. The Balaban J connectivity index is 0.000000194. The molecule has 24 heavy (non-hydrogen) atoms. The number of rotatable bonds is 2. The van der Waals surface area contributed by atoms with Crippen LogP contribution in [0.1, 0.15) is 46.6 Å². The van der Waals surface area contributed by atoms with E-state index in [0.29, 0.717) is 11.2 Å². The van der Waals surface area contributed by atoms with Crippen molar-refractivity contribution in [3.63, 3.8) is 0 Å². The van der Waals surface area contributed by atoms with Crippen LogP contribution in [-0.2, 0) is 5.41 Å². The lowest BCUT2D eigenvalue weighted by atomic mass is 9.72. The summed E-state index contributed by atoms with van der Waals surface area (Å²) in [5, 5.41) is 19.5. The van der Waals surface area contributed by atoms with E-state index in [0.717, 1.165) is 17.5 Å². The van der Waals surface area contributed by atoms with Crippen LogP contribution in [0.4, 0.5) is 0 Å². The highest BCUT2D eigenvalue weighted by molar-refractivity contribution is 5.72. The summed E-state index contributed by atoms with van der Waals surface area (Å²) in [5.41, 5.74) is 3.66. The third kappa shape index (κ3) is 5.08. The topological polar surface area (TPSA) is 61.8 Å². The molecule has 0 unspecified atom stereocenters. The van der Waals surface area contributed by atoms with Gasteiger partial charge >= 0.3 is 0 Å². The van der Waals surface area contributed by atoms with Crippen molar-refractivity contribution in [1.82, 2.24) is 15.4 Å². The fraction of sp³-hybridized carbons (Fsp3) is 0.400. The first-order valence-electron chi connectivity index (χ1n) is 8.23. The summed E-state index contributed by atoms with van der Waals surface area (Å²) in [6.45, 7) is 11.3. The molecule has 0 saturated heterocycles. The van der Waals surface area contributed by atoms with E-state index in [-0.39, 0.29) is 5.41 Å². The van der Waals surface area contributed by atoms with E-state index in [1.54, 1.807) is 12.1 Å². The molecule has 1 heterocycles. The monoisotopic (exact) mass is 325 g/mol. The van der Waals surface area contributed by atoms with E-state index in [1.165, 1.54) is 5.56 Å². The zero-order valence-electron chi connectivity index (χ0n) is 15.2. The van der Waals surface area contributed by atoms with Crippen LogP contribution in [0.3, 0.4) is 0 Å². The largest absolute Gasteiger partial charge is 0.508 e. The Bertz CT molecular complexity index is 737. The number of nitrogens with zero attached hydrogens (tertiary/aromatic N) is 2. The van der Waals surface area contributed by atoms with Gasteiger partial charge in [0.1, 0.15) is 11.3 Å². The number of hydrogen-bond donors (Lipinski definition) is 2. The molecule has 2 aromatic carbocycles. The molecule has 0 saturated carbocycles. The maximum atomic E-state index is 9.25. The van der Waals surface area contributed by atoms with Gasteiger partial charge in [0.15, 0.2) is 0 Å². The first kappa shape index (κ1) is 18.0. The fourth-order valence-electron chi connectivity index (χ4n) is 3.13. The molecule has 0 fully saturated rings. The predicted octanol–water partition coefficient (Wildman–Crippen LogP) is 5.06. The van der Waals surface area contributed by atoms with Crippen molar-refractivity contribution < 1.29 is 5.11 Å². The number of fused-ring (bicyclic) bond motifs is 1. The smallest absolute Gasteiger partial charge is 0.115 e. The van der Waals surface area contributed by atoms with E-state index in [4.69, 9.17) is 0 Å². The van der Waals surface area contributed by atoms with Crippen LogP contribution in [-0.4, -0.2) is 20.5 Å². The maximum absolute atomic E-state index is 9.25. The number of aromatic amines is 1. The minimum atomic E-state index is 0.159. The maximum Gasteiger partial charge on any atom is 0.115 e. The molecule has 0 spiro atoms. The zero-order valence-corrected chi connectivity index (χ0v) is 15.2. The lowest BCUT2D eigenvalue weighted by Crippen LogP contribution is -2.24. The minimum Gasteiger partial charge on any atom is -0.508 e.